The Kier molecular flexibility index (Phi) is 5.22. The standard InChI is InChI=1S/C18H16F2N4OS/c1-11-4-3-5-12(2)17(11)25-10-16-22-23-18(26)24(16)21-9-13-6-7-14(19)8-15(13)20/h3-9H,10H2,1-2H3,(H,23,26)/b21-9-. The smallest absolute Gasteiger partial charge is 0.216 e. The lowest BCUT2D eigenvalue weighted by Gasteiger charge is -2.11. The number of hydrogen-bond donors (Lipinski definition) is 1. The van der Waals surface area contributed by atoms with Crippen molar-refractivity contribution >= 4 is 18.4 Å². The van der Waals surface area contributed by atoms with E-state index in [9.17, 15) is 8.78 Å². The third kappa shape index (κ3) is 3.85. The number of halogens is 2. The van der Waals surface area contributed by atoms with Crippen molar-refractivity contribution in [3.63, 3.8) is 0 Å². The molecule has 0 spiro atoms. The number of rotatable bonds is 5. The minimum absolute atomic E-state index is 0.127. The lowest BCUT2D eigenvalue weighted by molar-refractivity contribution is 0.287. The van der Waals surface area contributed by atoms with Crippen molar-refractivity contribution in [1.29, 1.82) is 0 Å². The summed E-state index contributed by atoms with van der Waals surface area (Å²) >= 11 is 5.15. The summed E-state index contributed by atoms with van der Waals surface area (Å²) in [6.45, 7) is 4.03. The second-order valence-electron chi connectivity index (χ2n) is 5.68. The molecule has 134 valence electrons. The van der Waals surface area contributed by atoms with Gasteiger partial charge in [0, 0.05) is 11.6 Å². The highest BCUT2D eigenvalue weighted by atomic mass is 32.1. The molecule has 0 aliphatic heterocycles. The van der Waals surface area contributed by atoms with Crippen LogP contribution < -0.4 is 4.74 Å². The van der Waals surface area contributed by atoms with Gasteiger partial charge in [0.05, 0.1) is 6.21 Å². The van der Waals surface area contributed by atoms with Crippen LogP contribution in [-0.4, -0.2) is 21.1 Å². The third-order valence-corrected chi connectivity index (χ3v) is 4.01. The molecule has 26 heavy (non-hydrogen) atoms. The van der Waals surface area contributed by atoms with Crippen LogP contribution in [0.4, 0.5) is 8.78 Å². The van der Waals surface area contributed by atoms with Gasteiger partial charge in [-0.25, -0.2) is 13.9 Å². The second-order valence-corrected chi connectivity index (χ2v) is 6.06. The van der Waals surface area contributed by atoms with Crippen molar-refractivity contribution < 1.29 is 13.5 Å². The number of aryl methyl sites for hydroxylation is 2. The number of aromatic amines is 1. The first-order chi connectivity index (χ1) is 12.5. The van der Waals surface area contributed by atoms with Gasteiger partial charge in [-0.05, 0) is 49.3 Å². The van der Waals surface area contributed by atoms with Gasteiger partial charge in [-0.3, -0.25) is 0 Å². The highest BCUT2D eigenvalue weighted by Gasteiger charge is 2.09. The molecular weight excluding hydrogens is 358 g/mol. The molecule has 0 radical (unpaired) electrons. The SMILES string of the molecule is Cc1cccc(C)c1OCc1n[nH]c(=S)n1/N=C\c1ccc(F)cc1F. The summed E-state index contributed by atoms with van der Waals surface area (Å²) in [5, 5.41) is 10.9. The van der Waals surface area contributed by atoms with E-state index in [4.69, 9.17) is 17.0 Å². The summed E-state index contributed by atoms with van der Waals surface area (Å²) in [7, 11) is 0. The Morgan fingerprint density at radius 1 is 1.23 bits per heavy atom. The van der Waals surface area contributed by atoms with Crippen LogP contribution in [0, 0.1) is 30.3 Å². The molecule has 0 amide bonds. The van der Waals surface area contributed by atoms with Crippen molar-refractivity contribution in [2.24, 2.45) is 5.10 Å². The maximum Gasteiger partial charge on any atom is 0.216 e. The zero-order valence-electron chi connectivity index (χ0n) is 14.2. The first kappa shape index (κ1) is 17.9. The van der Waals surface area contributed by atoms with Crippen molar-refractivity contribution in [2.75, 3.05) is 0 Å². The van der Waals surface area contributed by atoms with E-state index >= 15 is 0 Å². The lowest BCUT2D eigenvalue weighted by atomic mass is 10.1. The summed E-state index contributed by atoms with van der Waals surface area (Å²) < 4.78 is 34.1. The van der Waals surface area contributed by atoms with Gasteiger partial charge in [-0.2, -0.15) is 14.9 Å². The van der Waals surface area contributed by atoms with E-state index < -0.39 is 11.6 Å². The quantitative estimate of drug-likeness (QED) is 0.535. The second kappa shape index (κ2) is 7.57. The predicted molar refractivity (Wildman–Crippen MR) is 97.0 cm³/mol. The fourth-order valence-corrected chi connectivity index (χ4v) is 2.62. The summed E-state index contributed by atoms with van der Waals surface area (Å²) in [6.07, 6.45) is 1.25. The molecule has 3 rings (SSSR count). The van der Waals surface area contributed by atoms with Crippen LogP contribution in [0.3, 0.4) is 0 Å². The highest BCUT2D eigenvalue weighted by molar-refractivity contribution is 7.71. The van der Waals surface area contributed by atoms with E-state index in [2.05, 4.69) is 15.3 Å². The summed E-state index contributed by atoms with van der Waals surface area (Å²) in [5.41, 5.74) is 2.14. The normalized spacial score (nSPS) is 11.2. The average molecular weight is 374 g/mol. The fraction of sp³-hybridized carbons (Fsp3) is 0.167. The minimum Gasteiger partial charge on any atom is -0.485 e. The van der Waals surface area contributed by atoms with Crippen LogP contribution in [0.1, 0.15) is 22.5 Å². The number of nitrogens with one attached hydrogen (secondary N) is 1. The largest absolute Gasteiger partial charge is 0.485 e. The van der Waals surface area contributed by atoms with E-state index in [1.54, 1.807) is 0 Å². The van der Waals surface area contributed by atoms with E-state index in [-0.39, 0.29) is 16.9 Å². The van der Waals surface area contributed by atoms with Gasteiger partial charge < -0.3 is 4.74 Å². The Balaban J connectivity index is 1.83. The molecule has 2 aromatic carbocycles. The average Bonchev–Trinajstić information content (AvgIpc) is 2.94. The molecule has 0 fully saturated rings. The van der Waals surface area contributed by atoms with E-state index in [1.165, 1.54) is 17.0 Å². The number of hydrogen-bond acceptors (Lipinski definition) is 4. The summed E-state index contributed by atoms with van der Waals surface area (Å²) in [5.74, 6) is -0.169. The van der Waals surface area contributed by atoms with Crippen LogP contribution in [-0.2, 0) is 6.61 Å². The minimum atomic E-state index is -0.711. The van der Waals surface area contributed by atoms with Crippen molar-refractivity contribution in [3.8, 4) is 5.75 Å². The summed E-state index contributed by atoms with van der Waals surface area (Å²) in [6, 6.07) is 9.11. The van der Waals surface area contributed by atoms with Gasteiger partial charge >= 0.3 is 0 Å². The fourth-order valence-electron chi connectivity index (χ4n) is 2.43. The monoisotopic (exact) mass is 374 g/mol. The maximum atomic E-state index is 13.7. The molecule has 1 N–H and O–H groups in total. The molecule has 0 bridgehead atoms. The molecule has 0 unspecified atom stereocenters. The molecule has 1 aromatic heterocycles. The van der Waals surface area contributed by atoms with Crippen LogP contribution in [0.5, 0.6) is 5.75 Å². The van der Waals surface area contributed by atoms with Crippen molar-refractivity contribution in [1.82, 2.24) is 14.9 Å². The van der Waals surface area contributed by atoms with Crippen LogP contribution in [0.2, 0.25) is 0 Å². The topological polar surface area (TPSA) is 55.2 Å². The maximum absolute atomic E-state index is 13.7. The van der Waals surface area contributed by atoms with E-state index in [1.807, 2.05) is 32.0 Å². The van der Waals surface area contributed by atoms with Gasteiger partial charge in [-0.15, -0.1) is 0 Å². The van der Waals surface area contributed by atoms with E-state index in [0.29, 0.717) is 5.82 Å². The molecule has 0 atom stereocenters. The molecule has 0 aliphatic rings. The number of ether oxygens (including phenoxy) is 1. The first-order valence-electron chi connectivity index (χ1n) is 7.80. The van der Waals surface area contributed by atoms with Crippen LogP contribution in [0.25, 0.3) is 0 Å². The predicted octanol–water partition coefficient (Wildman–Crippen LogP) is 4.30. The molecule has 5 nitrogen and oxygen atoms in total. The van der Waals surface area contributed by atoms with Gasteiger partial charge in [0.1, 0.15) is 24.0 Å². The Labute approximate surface area is 154 Å². The Bertz CT molecular complexity index is 1010. The number of para-hydroxylation sites is 1. The molecule has 3 aromatic rings. The Morgan fingerprint density at radius 2 is 1.96 bits per heavy atom. The summed E-state index contributed by atoms with van der Waals surface area (Å²) in [4.78, 5) is 0. The lowest BCUT2D eigenvalue weighted by Crippen LogP contribution is -2.06. The van der Waals surface area contributed by atoms with Crippen molar-refractivity contribution in [2.45, 2.75) is 20.5 Å². The third-order valence-electron chi connectivity index (χ3n) is 3.75. The van der Waals surface area contributed by atoms with Crippen molar-refractivity contribution in [3.05, 3.63) is 75.3 Å². The Hall–Kier alpha value is -2.87. The molecule has 0 aliphatic carbocycles. The highest BCUT2D eigenvalue weighted by Crippen LogP contribution is 2.23. The molecule has 0 saturated heterocycles. The van der Waals surface area contributed by atoms with Crippen LogP contribution >= 0.6 is 12.2 Å². The van der Waals surface area contributed by atoms with Gasteiger partial charge in [0.25, 0.3) is 0 Å². The molecule has 8 heteroatoms. The zero-order valence-corrected chi connectivity index (χ0v) is 15.0. The number of benzene rings is 2. The number of nitrogens with zero attached hydrogens (tertiary/aromatic N) is 3. The van der Waals surface area contributed by atoms with Gasteiger partial charge in [0.15, 0.2) is 5.82 Å². The number of aromatic nitrogens is 3. The van der Waals surface area contributed by atoms with Gasteiger partial charge in [-0.1, -0.05) is 18.2 Å². The van der Waals surface area contributed by atoms with Gasteiger partial charge in [0.2, 0.25) is 4.77 Å². The zero-order chi connectivity index (χ0) is 18.7. The number of H-pyrrole nitrogens is 1. The van der Waals surface area contributed by atoms with Crippen LogP contribution in [0.15, 0.2) is 41.5 Å². The molecular formula is C18H16F2N4OS. The van der Waals surface area contributed by atoms with E-state index in [0.717, 1.165) is 29.0 Å². The Morgan fingerprint density at radius 3 is 2.65 bits per heavy atom. The molecule has 1 heterocycles. The molecule has 0 saturated carbocycles. The first-order valence-corrected chi connectivity index (χ1v) is 8.21.